The molecule has 7 heteroatoms. The molecule has 0 saturated heterocycles. The molecule has 126 valence electrons. The minimum atomic E-state index is -5.11. The third-order valence-corrected chi connectivity index (χ3v) is 4.99. The molecule has 0 N–H and O–H groups in total. The van der Waals surface area contributed by atoms with Gasteiger partial charge in [-0.05, 0) is 35.9 Å². The zero-order valence-electron chi connectivity index (χ0n) is 12.6. The van der Waals surface area contributed by atoms with E-state index in [0.717, 1.165) is 18.2 Å². The summed E-state index contributed by atoms with van der Waals surface area (Å²) in [7, 11) is -3.63. The van der Waals surface area contributed by atoms with E-state index in [4.69, 9.17) is 4.74 Å². The first-order chi connectivity index (χ1) is 11.3. The molecule has 0 fully saturated rings. The lowest BCUT2D eigenvalue weighted by Gasteiger charge is -2.13. The Hall–Kier alpha value is -2.54. The van der Waals surface area contributed by atoms with Crippen molar-refractivity contribution in [2.75, 3.05) is 7.11 Å². The number of halogens is 2. The fraction of sp³-hybridized carbons (Fsp3) is 0.118. The van der Waals surface area contributed by atoms with E-state index in [1.54, 1.807) is 24.3 Å². The standard InChI is InChI=1S/C17H14F2O4S/c1-23-14-10-7-13(8-11-14)9-12-16(20)17(18,19)24(21,22)15-5-3-2-4-6-15/h2-12H,1H3/b12-9+. The number of hydrogen-bond donors (Lipinski definition) is 0. The highest BCUT2D eigenvalue weighted by molar-refractivity contribution is 7.93. The Morgan fingerprint density at radius 1 is 1.04 bits per heavy atom. The lowest BCUT2D eigenvalue weighted by molar-refractivity contribution is -0.128. The monoisotopic (exact) mass is 352 g/mol. The van der Waals surface area contributed by atoms with Gasteiger partial charge in [0.1, 0.15) is 5.75 Å². The number of ketones is 1. The summed E-state index contributed by atoms with van der Waals surface area (Å²) in [5.74, 6) is -1.24. The van der Waals surface area contributed by atoms with Gasteiger partial charge in [0.2, 0.25) is 5.78 Å². The molecule has 0 atom stereocenters. The highest BCUT2D eigenvalue weighted by Gasteiger charge is 2.51. The van der Waals surface area contributed by atoms with E-state index in [9.17, 15) is 22.0 Å². The molecule has 24 heavy (non-hydrogen) atoms. The van der Waals surface area contributed by atoms with E-state index < -0.39 is 25.8 Å². The van der Waals surface area contributed by atoms with E-state index in [1.807, 2.05) is 0 Å². The van der Waals surface area contributed by atoms with Gasteiger partial charge in [0.05, 0.1) is 12.0 Å². The van der Waals surface area contributed by atoms with Gasteiger partial charge in [0.15, 0.2) is 0 Å². The van der Waals surface area contributed by atoms with Crippen LogP contribution in [0.1, 0.15) is 5.56 Å². The smallest absolute Gasteiger partial charge is 0.410 e. The maximum absolute atomic E-state index is 14.1. The molecule has 0 unspecified atom stereocenters. The first kappa shape index (κ1) is 17.8. The van der Waals surface area contributed by atoms with E-state index in [2.05, 4.69) is 0 Å². The maximum Gasteiger partial charge on any atom is 0.410 e. The Balaban J connectivity index is 2.25. The summed E-state index contributed by atoms with van der Waals surface area (Å²) in [6.45, 7) is 0. The van der Waals surface area contributed by atoms with Crippen molar-refractivity contribution in [3.63, 3.8) is 0 Å². The molecular formula is C17H14F2O4S. The summed E-state index contributed by atoms with van der Waals surface area (Å²) < 4.78 is 57.1. The van der Waals surface area contributed by atoms with Gasteiger partial charge in [-0.15, -0.1) is 0 Å². The van der Waals surface area contributed by atoms with Crippen LogP contribution in [0.5, 0.6) is 5.75 Å². The minimum absolute atomic E-state index is 0.456. The highest BCUT2D eigenvalue weighted by atomic mass is 32.2. The highest BCUT2D eigenvalue weighted by Crippen LogP contribution is 2.30. The van der Waals surface area contributed by atoms with Gasteiger partial charge in [-0.25, -0.2) is 8.42 Å². The number of benzene rings is 2. The van der Waals surface area contributed by atoms with E-state index in [-0.39, 0.29) is 0 Å². The van der Waals surface area contributed by atoms with Crippen molar-refractivity contribution in [3.05, 3.63) is 66.2 Å². The van der Waals surface area contributed by atoms with E-state index in [1.165, 1.54) is 25.3 Å². The van der Waals surface area contributed by atoms with Crippen LogP contribution in [-0.4, -0.2) is 26.6 Å². The Bertz CT molecular complexity index is 842. The van der Waals surface area contributed by atoms with Crippen molar-refractivity contribution in [2.24, 2.45) is 0 Å². The van der Waals surface area contributed by atoms with Crippen molar-refractivity contribution in [1.82, 2.24) is 0 Å². The molecule has 2 rings (SSSR count). The summed E-state index contributed by atoms with van der Waals surface area (Å²) >= 11 is 0. The average molecular weight is 352 g/mol. The number of methoxy groups -OCH3 is 1. The predicted octanol–water partition coefficient (Wildman–Crippen LogP) is 3.34. The second kappa shape index (κ2) is 6.92. The Morgan fingerprint density at radius 3 is 2.17 bits per heavy atom. The van der Waals surface area contributed by atoms with Crippen LogP contribution < -0.4 is 4.74 Å². The molecule has 0 heterocycles. The van der Waals surface area contributed by atoms with Gasteiger partial charge in [0.25, 0.3) is 9.84 Å². The first-order valence-electron chi connectivity index (χ1n) is 6.83. The average Bonchev–Trinajstić information content (AvgIpc) is 2.60. The molecule has 0 amide bonds. The fourth-order valence-electron chi connectivity index (χ4n) is 1.86. The van der Waals surface area contributed by atoms with Crippen molar-refractivity contribution in [3.8, 4) is 5.75 Å². The quantitative estimate of drug-likeness (QED) is 0.748. The fourth-order valence-corrected chi connectivity index (χ4v) is 3.01. The molecule has 0 radical (unpaired) electrons. The first-order valence-corrected chi connectivity index (χ1v) is 8.31. The molecule has 0 aromatic heterocycles. The maximum atomic E-state index is 14.1. The Morgan fingerprint density at radius 2 is 1.62 bits per heavy atom. The second-order valence-electron chi connectivity index (χ2n) is 4.80. The summed E-state index contributed by atoms with van der Waals surface area (Å²) in [6, 6.07) is 12.4. The van der Waals surface area contributed by atoms with Gasteiger partial charge >= 0.3 is 5.25 Å². The van der Waals surface area contributed by atoms with Crippen LogP contribution in [0, 0.1) is 0 Å². The number of alkyl halides is 2. The molecule has 2 aromatic carbocycles. The molecule has 0 saturated carbocycles. The number of ether oxygens (including phenoxy) is 1. The van der Waals surface area contributed by atoms with Crippen LogP contribution in [0.15, 0.2) is 65.6 Å². The van der Waals surface area contributed by atoms with Gasteiger partial charge in [-0.1, -0.05) is 36.4 Å². The van der Waals surface area contributed by atoms with E-state index >= 15 is 0 Å². The second-order valence-corrected chi connectivity index (χ2v) is 6.80. The van der Waals surface area contributed by atoms with Crippen LogP contribution in [-0.2, 0) is 14.6 Å². The zero-order chi connectivity index (χ0) is 17.8. The van der Waals surface area contributed by atoms with Gasteiger partial charge in [-0.2, -0.15) is 8.78 Å². The molecular weight excluding hydrogens is 338 g/mol. The topological polar surface area (TPSA) is 60.4 Å². The zero-order valence-corrected chi connectivity index (χ0v) is 13.5. The number of rotatable bonds is 6. The number of sulfone groups is 1. The Kier molecular flexibility index (Phi) is 5.14. The van der Waals surface area contributed by atoms with Crippen LogP contribution in [0.4, 0.5) is 8.78 Å². The van der Waals surface area contributed by atoms with Crippen molar-refractivity contribution in [1.29, 1.82) is 0 Å². The molecule has 4 nitrogen and oxygen atoms in total. The van der Waals surface area contributed by atoms with Gasteiger partial charge in [0, 0.05) is 0 Å². The van der Waals surface area contributed by atoms with Crippen LogP contribution >= 0.6 is 0 Å². The van der Waals surface area contributed by atoms with Gasteiger partial charge < -0.3 is 4.74 Å². The minimum Gasteiger partial charge on any atom is -0.497 e. The normalized spacial score (nSPS) is 12.3. The number of carbonyl (C=O) groups is 1. The molecule has 0 aliphatic carbocycles. The lowest BCUT2D eigenvalue weighted by Crippen LogP contribution is -2.36. The molecule has 0 spiro atoms. The van der Waals surface area contributed by atoms with E-state index in [0.29, 0.717) is 17.4 Å². The van der Waals surface area contributed by atoms with Crippen LogP contribution in [0.3, 0.4) is 0 Å². The third kappa shape index (κ3) is 3.51. The van der Waals surface area contributed by atoms with Crippen molar-refractivity contribution < 1.29 is 26.7 Å². The van der Waals surface area contributed by atoms with Crippen molar-refractivity contribution >= 4 is 21.7 Å². The van der Waals surface area contributed by atoms with Crippen LogP contribution in [0.2, 0.25) is 0 Å². The lowest BCUT2D eigenvalue weighted by atomic mass is 10.2. The summed E-state index contributed by atoms with van der Waals surface area (Å²) in [5.41, 5.74) is 0.456. The number of allylic oxidation sites excluding steroid dienone is 1. The molecule has 0 aliphatic rings. The Labute approximate surface area is 138 Å². The summed E-state index contributed by atoms with van der Waals surface area (Å²) in [5, 5.41) is -4.54. The molecule has 2 aromatic rings. The van der Waals surface area contributed by atoms with Crippen molar-refractivity contribution in [2.45, 2.75) is 10.2 Å². The summed E-state index contributed by atoms with van der Waals surface area (Å²) in [6.07, 6.45) is 1.68. The van der Waals surface area contributed by atoms with Gasteiger partial charge in [-0.3, -0.25) is 4.79 Å². The molecule has 0 bridgehead atoms. The largest absolute Gasteiger partial charge is 0.497 e. The molecule has 0 aliphatic heterocycles. The van der Waals surface area contributed by atoms with Crippen LogP contribution in [0.25, 0.3) is 6.08 Å². The number of hydrogen-bond acceptors (Lipinski definition) is 4. The third-order valence-electron chi connectivity index (χ3n) is 3.22. The predicted molar refractivity (Wildman–Crippen MR) is 85.6 cm³/mol. The SMILES string of the molecule is COc1ccc(/C=C/C(=O)C(F)(F)S(=O)(=O)c2ccccc2)cc1. The number of carbonyl (C=O) groups excluding carboxylic acids is 1. The summed E-state index contributed by atoms with van der Waals surface area (Å²) in [4.78, 5) is 11.1.